The van der Waals surface area contributed by atoms with Crippen molar-refractivity contribution in [2.24, 2.45) is 0 Å². The van der Waals surface area contributed by atoms with E-state index < -0.39 is 5.91 Å². The molecule has 0 aliphatic rings. The lowest BCUT2D eigenvalue weighted by molar-refractivity contribution is 0.0942. The van der Waals surface area contributed by atoms with Crippen LogP contribution in [0.4, 0.5) is 0 Å². The van der Waals surface area contributed by atoms with Crippen molar-refractivity contribution in [3.05, 3.63) is 58.7 Å². The van der Waals surface area contributed by atoms with Gasteiger partial charge in [-0.15, -0.1) is 0 Å². The van der Waals surface area contributed by atoms with Crippen molar-refractivity contribution in [2.75, 3.05) is 0 Å². The average molecular weight is 359 g/mol. The lowest BCUT2D eigenvalue weighted by atomic mass is 10.2. The van der Waals surface area contributed by atoms with Crippen molar-refractivity contribution in [1.29, 1.82) is 0 Å². The lowest BCUT2D eigenvalue weighted by Gasteiger charge is -2.09. The first-order chi connectivity index (χ1) is 10.7. The van der Waals surface area contributed by atoms with Crippen molar-refractivity contribution < 1.29 is 9.90 Å². The topological polar surface area (TPSA) is 88.0 Å². The van der Waals surface area contributed by atoms with Crippen LogP contribution in [-0.4, -0.2) is 26.0 Å². The van der Waals surface area contributed by atoms with Crippen LogP contribution in [0.1, 0.15) is 16.2 Å². The number of halogens is 1. The molecule has 0 fully saturated rings. The summed E-state index contributed by atoms with van der Waals surface area (Å²) in [6, 6.07) is 8.92. The average Bonchev–Trinajstić information content (AvgIpc) is 2.57. The maximum Gasteiger partial charge on any atom is 0.274 e. The SMILES string of the molecule is O=C(NCc1ccccn1)c1nc(Br)c2cccnc2c1O. The Labute approximate surface area is 134 Å². The predicted molar refractivity (Wildman–Crippen MR) is 84.3 cm³/mol. The smallest absolute Gasteiger partial charge is 0.274 e. The number of hydrogen-bond donors (Lipinski definition) is 2. The summed E-state index contributed by atoms with van der Waals surface area (Å²) >= 11 is 3.29. The standard InChI is InChI=1S/C15H11BrN4O2/c16-14-10-5-3-7-18-11(10)13(21)12(20-14)15(22)19-8-9-4-1-2-6-17-9/h1-7,21H,8H2,(H,19,22). The molecular weight excluding hydrogens is 348 g/mol. The molecule has 3 heterocycles. The highest BCUT2D eigenvalue weighted by molar-refractivity contribution is 9.10. The van der Waals surface area contributed by atoms with Crippen LogP contribution < -0.4 is 5.32 Å². The number of aromatic nitrogens is 3. The highest BCUT2D eigenvalue weighted by Crippen LogP contribution is 2.30. The van der Waals surface area contributed by atoms with Crippen molar-refractivity contribution in [3.8, 4) is 5.75 Å². The summed E-state index contributed by atoms with van der Waals surface area (Å²) in [7, 11) is 0. The zero-order valence-electron chi connectivity index (χ0n) is 11.3. The van der Waals surface area contributed by atoms with Gasteiger partial charge in [0.25, 0.3) is 5.91 Å². The Morgan fingerprint density at radius 1 is 1.18 bits per heavy atom. The van der Waals surface area contributed by atoms with E-state index in [0.717, 1.165) is 0 Å². The lowest BCUT2D eigenvalue weighted by Crippen LogP contribution is -2.24. The third kappa shape index (κ3) is 2.75. The predicted octanol–water partition coefficient (Wildman–Crippen LogP) is 2.42. The molecule has 0 unspecified atom stereocenters. The van der Waals surface area contributed by atoms with Gasteiger partial charge in [-0.3, -0.25) is 14.8 Å². The van der Waals surface area contributed by atoms with Gasteiger partial charge in [0.2, 0.25) is 0 Å². The molecule has 0 spiro atoms. The van der Waals surface area contributed by atoms with Gasteiger partial charge in [-0.1, -0.05) is 6.07 Å². The second kappa shape index (κ2) is 6.07. The molecule has 0 radical (unpaired) electrons. The summed E-state index contributed by atoms with van der Waals surface area (Å²) in [5, 5.41) is 13.5. The zero-order valence-corrected chi connectivity index (χ0v) is 12.9. The number of carbonyl (C=O) groups is 1. The molecule has 0 saturated heterocycles. The minimum atomic E-state index is -0.489. The van der Waals surface area contributed by atoms with Crippen LogP contribution >= 0.6 is 15.9 Å². The molecule has 22 heavy (non-hydrogen) atoms. The van der Waals surface area contributed by atoms with Gasteiger partial charge >= 0.3 is 0 Å². The van der Waals surface area contributed by atoms with Gasteiger partial charge in [-0.25, -0.2) is 4.98 Å². The third-order valence-electron chi connectivity index (χ3n) is 3.06. The molecule has 0 bridgehead atoms. The van der Waals surface area contributed by atoms with E-state index in [9.17, 15) is 9.90 Å². The van der Waals surface area contributed by atoms with E-state index >= 15 is 0 Å². The monoisotopic (exact) mass is 358 g/mol. The first-order valence-corrected chi connectivity index (χ1v) is 7.27. The molecule has 6 nitrogen and oxygen atoms in total. The number of nitrogens with zero attached hydrogens (tertiary/aromatic N) is 3. The van der Waals surface area contributed by atoms with Gasteiger partial charge < -0.3 is 10.4 Å². The molecule has 2 N–H and O–H groups in total. The van der Waals surface area contributed by atoms with Crippen LogP contribution in [-0.2, 0) is 6.54 Å². The molecule has 110 valence electrons. The van der Waals surface area contributed by atoms with Gasteiger partial charge in [0, 0.05) is 17.8 Å². The Morgan fingerprint density at radius 3 is 2.77 bits per heavy atom. The molecule has 3 aromatic rings. The van der Waals surface area contributed by atoms with Gasteiger partial charge in [-0.05, 0) is 40.2 Å². The Morgan fingerprint density at radius 2 is 2.00 bits per heavy atom. The molecule has 3 rings (SSSR count). The van der Waals surface area contributed by atoms with E-state index in [0.29, 0.717) is 21.2 Å². The van der Waals surface area contributed by atoms with Gasteiger partial charge in [-0.2, -0.15) is 0 Å². The summed E-state index contributed by atoms with van der Waals surface area (Å²) < 4.78 is 0.455. The molecule has 0 aliphatic carbocycles. The highest BCUT2D eigenvalue weighted by Gasteiger charge is 2.18. The summed E-state index contributed by atoms with van der Waals surface area (Å²) in [4.78, 5) is 24.5. The Hall–Kier alpha value is -2.54. The number of hydrogen-bond acceptors (Lipinski definition) is 5. The molecule has 0 aliphatic heterocycles. The van der Waals surface area contributed by atoms with E-state index in [1.807, 2.05) is 6.07 Å². The number of fused-ring (bicyclic) bond motifs is 1. The zero-order chi connectivity index (χ0) is 15.5. The summed E-state index contributed by atoms with van der Waals surface area (Å²) in [6.45, 7) is 0.249. The second-order valence-corrected chi connectivity index (χ2v) is 5.25. The van der Waals surface area contributed by atoms with Crippen molar-refractivity contribution in [3.63, 3.8) is 0 Å². The van der Waals surface area contributed by atoms with Crippen LogP contribution in [0.3, 0.4) is 0 Å². The number of rotatable bonds is 3. The van der Waals surface area contributed by atoms with Gasteiger partial charge in [0.1, 0.15) is 10.1 Å². The van der Waals surface area contributed by atoms with Crippen LogP contribution in [0.25, 0.3) is 10.9 Å². The Kier molecular flexibility index (Phi) is 3.97. The first-order valence-electron chi connectivity index (χ1n) is 6.48. The number of nitrogens with one attached hydrogen (secondary N) is 1. The maximum absolute atomic E-state index is 12.2. The number of amides is 1. The van der Waals surface area contributed by atoms with Crippen molar-refractivity contribution in [2.45, 2.75) is 6.54 Å². The maximum atomic E-state index is 12.2. The Balaban J connectivity index is 1.89. The fourth-order valence-electron chi connectivity index (χ4n) is 2.00. The second-order valence-electron chi connectivity index (χ2n) is 4.50. The molecule has 0 aromatic carbocycles. The molecule has 0 atom stereocenters. The Bertz CT molecular complexity index is 840. The highest BCUT2D eigenvalue weighted by atomic mass is 79.9. The van der Waals surface area contributed by atoms with E-state index in [1.165, 1.54) is 0 Å². The largest absolute Gasteiger partial charge is 0.504 e. The fourth-order valence-corrected chi connectivity index (χ4v) is 2.50. The minimum absolute atomic E-state index is 0.0750. The van der Waals surface area contributed by atoms with E-state index in [1.54, 1.807) is 36.7 Å². The van der Waals surface area contributed by atoms with Crippen molar-refractivity contribution in [1.82, 2.24) is 20.3 Å². The van der Waals surface area contributed by atoms with E-state index in [4.69, 9.17) is 0 Å². The van der Waals surface area contributed by atoms with Crippen LogP contribution in [0.5, 0.6) is 5.75 Å². The summed E-state index contributed by atoms with van der Waals surface area (Å²) in [6.07, 6.45) is 3.19. The van der Waals surface area contributed by atoms with Gasteiger partial charge in [0.15, 0.2) is 11.4 Å². The van der Waals surface area contributed by atoms with E-state index in [-0.39, 0.29) is 18.0 Å². The number of carbonyl (C=O) groups excluding carboxylic acids is 1. The molecule has 3 aromatic heterocycles. The molecule has 7 heteroatoms. The quantitative estimate of drug-likeness (QED) is 0.702. The summed E-state index contributed by atoms with van der Waals surface area (Å²) in [5.41, 5.74) is 0.967. The molecular formula is C15H11BrN4O2. The molecule has 1 amide bonds. The first kappa shape index (κ1) is 14.4. The van der Waals surface area contributed by atoms with Crippen molar-refractivity contribution >= 4 is 32.7 Å². The van der Waals surface area contributed by atoms with E-state index in [2.05, 4.69) is 36.2 Å². The summed E-state index contributed by atoms with van der Waals surface area (Å²) in [5.74, 6) is -0.728. The fraction of sp³-hybridized carbons (Fsp3) is 0.0667. The van der Waals surface area contributed by atoms with Crippen LogP contribution in [0.2, 0.25) is 0 Å². The number of aromatic hydroxyl groups is 1. The normalized spacial score (nSPS) is 10.6. The third-order valence-corrected chi connectivity index (χ3v) is 3.66. The minimum Gasteiger partial charge on any atom is -0.504 e. The number of pyridine rings is 3. The van der Waals surface area contributed by atoms with Crippen LogP contribution in [0.15, 0.2) is 47.3 Å². The van der Waals surface area contributed by atoms with Gasteiger partial charge in [0.05, 0.1) is 12.2 Å². The molecule has 0 saturated carbocycles. The van der Waals surface area contributed by atoms with Crippen LogP contribution in [0, 0.1) is 0 Å².